The maximum atomic E-state index is 12.1. The number of carbonyl (C=O) groups excluding carboxylic acids is 1. The number of hydrogen-bond donors (Lipinski definition) is 2. The molecule has 222 valence electrons. The van der Waals surface area contributed by atoms with Crippen LogP contribution < -0.4 is 5.73 Å². The number of nitriles is 2. The Kier molecular flexibility index (Phi) is 7.86. The molecule has 4 aromatic rings. The first-order chi connectivity index (χ1) is 20.4. The van der Waals surface area contributed by atoms with Gasteiger partial charge in [0, 0.05) is 29.5 Å². The highest BCUT2D eigenvalue weighted by atomic mass is 16.5. The molecule has 5 rings (SSSR count). The van der Waals surface area contributed by atoms with E-state index in [-0.39, 0.29) is 24.3 Å². The van der Waals surface area contributed by atoms with Crippen LogP contribution in [0.2, 0.25) is 0 Å². The van der Waals surface area contributed by atoms with Gasteiger partial charge in [-0.25, -0.2) is 14.6 Å². The smallest absolute Gasteiger partial charge is 0.311 e. The van der Waals surface area contributed by atoms with Crippen molar-refractivity contribution < 1.29 is 14.6 Å². The molecule has 0 amide bonds. The summed E-state index contributed by atoms with van der Waals surface area (Å²) in [5.41, 5.74) is 7.74. The van der Waals surface area contributed by atoms with Crippen molar-refractivity contribution in [2.75, 3.05) is 12.3 Å². The Morgan fingerprint density at radius 2 is 2.00 bits per heavy atom. The van der Waals surface area contributed by atoms with Gasteiger partial charge < -0.3 is 15.6 Å². The number of rotatable bonds is 7. The van der Waals surface area contributed by atoms with Crippen LogP contribution >= 0.6 is 0 Å². The second-order valence-electron chi connectivity index (χ2n) is 12.2. The van der Waals surface area contributed by atoms with Crippen molar-refractivity contribution in [3.8, 4) is 23.6 Å². The third-order valence-electron chi connectivity index (χ3n) is 7.94. The molecule has 0 bridgehead atoms. The molecule has 0 spiro atoms. The van der Waals surface area contributed by atoms with Crippen molar-refractivity contribution in [3.63, 3.8) is 0 Å². The van der Waals surface area contributed by atoms with E-state index >= 15 is 0 Å². The molecule has 0 saturated heterocycles. The number of nitrogen functional groups attached to an aromatic ring is 1. The Morgan fingerprint density at radius 1 is 1.26 bits per heavy atom. The lowest BCUT2D eigenvalue weighted by molar-refractivity contribution is -0.154. The number of anilines is 1. The number of nitrogens with zero attached hydrogens (tertiary/aromatic N) is 9. The van der Waals surface area contributed by atoms with Gasteiger partial charge >= 0.3 is 5.97 Å². The van der Waals surface area contributed by atoms with Gasteiger partial charge in [0.2, 0.25) is 0 Å². The summed E-state index contributed by atoms with van der Waals surface area (Å²) in [6.45, 7) is 7.35. The number of esters is 1. The zero-order valence-corrected chi connectivity index (χ0v) is 24.7. The zero-order chi connectivity index (χ0) is 30.9. The van der Waals surface area contributed by atoms with Gasteiger partial charge in [0.1, 0.15) is 11.8 Å². The second kappa shape index (κ2) is 11.4. The van der Waals surface area contributed by atoms with Crippen molar-refractivity contribution >= 4 is 22.8 Å². The molecule has 13 nitrogen and oxygen atoms in total. The minimum Gasteiger partial charge on any atom is -0.465 e. The van der Waals surface area contributed by atoms with E-state index in [4.69, 9.17) is 10.5 Å². The summed E-state index contributed by atoms with van der Waals surface area (Å²) in [7, 11) is 0. The SMILES string of the molecule is CC(C#N)c1cc(-n2ncc3cc(C#N)cnc32)nc(N)c1-n1cc(C2CCC(O)(CCOC(=O)C(C)(C)C)CC2)nn1. The molecule has 1 aliphatic rings. The predicted octanol–water partition coefficient (Wildman–Crippen LogP) is 3.85. The first-order valence-corrected chi connectivity index (χ1v) is 14.2. The van der Waals surface area contributed by atoms with Gasteiger partial charge in [-0.2, -0.15) is 20.3 Å². The van der Waals surface area contributed by atoms with Crippen LogP contribution in [0, 0.1) is 28.1 Å². The van der Waals surface area contributed by atoms with Crippen LogP contribution in [0.1, 0.15) is 88.5 Å². The minimum atomic E-state index is -0.897. The van der Waals surface area contributed by atoms with Gasteiger partial charge in [-0.3, -0.25) is 4.79 Å². The Labute approximate surface area is 248 Å². The van der Waals surface area contributed by atoms with E-state index < -0.39 is 16.9 Å². The summed E-state index contributed by atoms with van der Waals surface area (Å²) in [4.78, 5) is 21.0. The van der Waals surface area contributed by atoms with Crippen LogP contribution in [0.15, 0.2) is 30.7 Å². The number of aromatic nitrogens is 7. The number of ether oxygens (including phenoxy) is 1. The Hall–Kier alpha value is -4.88. The molecule has 4 heterocycles. The molecule has 1 fully saturated rings. The molecule has 4 aromatic heterocycles. The number of aliphatic hydroxyl groups is 1. The molecular weight excluding hydrogens is 548 g/mol. The maximum Gasteiger partial charge on any atom is 0.311 e. The summed E-state index contributed by atoms with van der Waals surface area (Å²) in [5.74, 6) is -0.228. The molecule has 13 heteroatoms. The summed E-state index contributed by atoms with van der Waals surface area (Å²) in [6.07, 6.45) is 7.74. The van der Waals surface area contributed by atoms with E-state index in [2.05, 4.69) is 37.5 Å². The van der Waals surface area contributed by atoms with E-state index in [1.807, 2.05) is 0 Å². The monoisotopic (exact) mass is 582 g/mol. The maximum absolute atomic E-state index is 12.1. The summed E-state index contributed by atoms with van der Waals surface area (Å²) in [6, 6.07) is 7.76. The lowest BCUT2D eigenvalue weighted by Gasteiger charge is -2.35. The Bertz CT molecular complexity index is 1750. The summed E-state index contributed by atoms with van der Waals surface area (Å²) < 4.78 is 8.44. The summed E-state index contributed by atoms with van der Waals surface area (Å²) >= 11 is 0. The second-order valence-corrected chi connectivity index (χ2v) is 12.2. The molecular formula is C30H34N10O3. The van der Waals surface area contributed by atoms with Crippen LogP contribution in [0.5, 0.6) is 0 Å². The first kappa shape index (κ1) is 29.6. The van der Waals surface area contributed by atoms with Gasteiger partial charge in [0.25, 0.3) is 0 Å². The third kappa shape index (κ3) is 6.03. The Balaban J connectivity index is 1.35. The highest BCUT2D eigenvalue weighted by molar-refractivity contribution is 5.77. The molecule has 1 aliphatic carbocycles. The highest BCUT2D eigenvalue weighted by Gasteiger charge is 2.35. The van der Waals surface area contributed by atoms with Crippen LogP contribution in [-0.4, -0.2) is 58.0 Å². The Morgan fingerprint density at radius 3 is 2.67 bits per heavy atom. The normalized spacial score (nSPS) is 19.5. The molecule has 3 N–H and O–H groups in total. The average molecular weight is 583 g/mol. The zero-order valence-electron chi connectivity index (χ0n) is 24.7. The van der Waals surface area contributed by atoms with Crippen LogP contribution in [0.3, 0.4) is 0 Å². The fourth-order valence-electron chi connectivity index (χ4n) is 5.30. The van der Waals surface area contributed by atoms with E-state index in [0.717, 1.165) is 5.69 Å². The molecule has 1 saturated carbocycles. The third-order valence-corrected chi connectivity index (χ3v) is 7.94. The van der Waals surface area contributed by atoms with E-state index in [9.17, 15) is 20.4 Å². The number of nitrogens with two attached hydrogens (primary N) is 1. The first-order valence-electron chi connectivity index (χ1n) is 14.2. The summed E-state index contributed by atoms with van der Waals surface area (Å²) in [5, 5.41) is 43.9. The van der Waals surface area contributed by atoms with Crippen molar-refractivity contribution in [2.24, 2.45) is 5.41 Å². The molecule has 0 aromatic carbocycles. The topological polar surface area (TPSA) is 194 Å². The van der Waals surface area contributed by atoms with Crippen LogP contribution in [-0.2, 0) is 9.53 Å². The fraction of sp³-hybridized carbons (Fsp3) is 0.467. The number of fused-ring (bicyclic) bond motifs is 1. The highest BCUT2D eigenvalue weighted by Crippen LogP contribution is 2.39. The van der Waals surface area contributed by atoms with Gasteiger partial charge in [0.05, 0.1) is 53.3 Å². The number of pyridine rings is 2. The molecule has 0 radical (unpaired) electrons. The van der Waals surface area contributed by atoms with Crippen molar-refractivity contribution in [1.29, 1.82) is 10.5 Å². The van der Waals surface area contributed by atoms with Gasteiger partial charge in [0.15, 0.2) is 17.3 Å². The molecule has 43 heavy (non-hydrogen) atoms. The van der Waals surface area contributed by atoms with Crippen molar-refractivity contribution in [3.05, 3.63) is 47.5 Å². The van der Waals surface area contributed by atoms with Crippen molar-refractivity contribution in [1.82, 2.24) is 34.7 Å². The lowest BCUT2D eigenvalue weighted by Crippen LogP contribution is -2.35. The average Bonchev–Trinajstić information content (AvgIpc) is 3.63. The number of carbonyl (C=O) groups is 1. The van der Waals surface area contributed by atoms with Crippen LogP contribution in [0.4, 0.5) is 5.82 Å². The van der Waals surface area contributed by atoms with Gasteiger partial charge in [-0.1, -0.05) is 5.21 Å². The quantitative estimate of drug-likeness (QED) is 0.300. The van der Waals surface area contributed by atoms with E-state index in [0.29, 0.717) is 65.8 Å². The fourth-order valence-corrected chi connectivity index (χ4v) is 5.30. The largest absolute Gasteiger partial charge is 0.465 e. The minimum absolute atomic E-state index is 0.0799. The van der Waals surface area contributed by atoms with Crippen LogP contribution in [0.25, 0.3) is 22.5 Å². The molecule has 1 unspecified atom stereocenters. The van der Waals surface area contributed by atoms with E-state index in [1.165, 1.54) is 10.9 Å². The van der Waals surface area contributed by atoms with Gasteiger partial charge in [-0.15, -0.1) is 5.10 Å². The number of hydrogen-bond acceptors (Lipinski definition) is 11. The molecule has 1 atom stereocenters. The van der Waals surface area contributed by atoms with Crippen molar-refractivity contribution in [2.45, 2.75) is 77.2 Å². The molecule has 0 aliphatic heterocycles. The van der Waals surface area contributed by atoms with Gasteiger partial charge in [-0.05, 0) is 65.5 Å². The predicted molar refractivity (Wildman–Crippen MR) is 156 cm³/mol. The standard InChI is InChI=1S/C30H34N10O3/c1-18(13-31)22-12-24(40-27-21(16-35-40)11-19(14-32)15-34-27)36-26(33)25(22)39-17-23(37-38-39)20-5-7-30(42,8-6-20)9-10-43-28(41)29(2,3)4/h11-12,15-18,20,42H,5-10H2,1-4H3,(H2,33,36). The van der Waals surface area contributed by atoms with E-state index in [1.54, 1.807) is 56.9 Å². The lowest BCUT2D eigenvalue weighted by atomic mass is 9.76.